The number of pyridine rings is 2. The van der Waals surface area contributed by atoms with E-state index < -0.39 is 0 Å². The molecule has 0 radical (unpaired) electrons. The van der Waals surface area contributed by atoms with E-state index in [1.807, 2.05) is 36.4 Å². The Morgan fingerprint density at radius 2 is 1.34 bits per heavy atom. The van der Waals surface area contributed by atoms with Gasteiger partial charge in [0.1, 0.15) is 35.1 Å². The molecule has 0 aliphatic rings. The van der Waals surface area contributed by atoms with Crippen molar-refractivity contribution >= 4 is 12.2 Å². The number of hydrogen-bond acceptors (Lipinski definition) is 8. The molecule has 0 aliphatic heterocycles. The van der Waals surface area contributed by atoms with Crippen molar-refractivity contribution in [1.82, 2.24) is 40.3 Å². The maximum atomic E-state index is 12.8. The summed E-state index contributed by atoms with van der Waals surface area (Å²) in [4.78, 5) is 26.6. The molecule has 41 heavy (non-hydrogen) atoms. The molecule has 206 valence electrons. The molecule has 0 saturated carbocycles. The average molecular weight is 554 g/mol. The summed E-state index contributed by atoms with van der Waals surface area (Å²) in [6.45, 7) is 0. The zero-order valence-electron chi connectivity index (χ0n) is 21.7. The van der Waals surface area contributed by atoms with Crippen LogP contribution in [0.4, 0.5) is 14.7 Å². The predicted molar refractivity (Wildman–Crippen MR) is 149 cm³/mol. The Morgan fingerprint density at radius 3 is 1.90 bits per heavy atom. The summed E-state index contributed by atoms with van der Waals surface area (Å²) in [6, 6.07) is 23.0. The first-order valence-corrected chi connectivity index (χ1v) is 12.4. The number of carbonyl (C=O) groups is 1. The average Bonchev–Trinajstić information content (AvgIpc) is 3.68. The largest absolute Gasteiger partial charge is 0.366 e. The molecular weight excluding hydrogens is 528 g/mol. The molecule has 0 unspecified atom stereocenters. The predicted octanol–water partition coefficient (Wildman–Crippen LogP) is 4.88. The molecule has 0 saturated heterocycles. The van der Waals surface area contributed by atoms with Gasteiger partial charge in [-0.25, -0.2) is 13.8 Å². The third kappa shape index (κ3) is 8.96. The van der Waals surface area contributed by atoms with E-state index in [-0.39, 0.29) is 17.6 Å². The maximum Gasteiger partial charge on any atom is 0.239 e. The number of nitrogens with one attached hydrogen (secondary N) is 2. The summed E-state index contributed by atoms with van der Waals surface area (Å²) in [5.41, 5.74) is 8.39. The Morgan fingerprint density at radius 1 is 0.707 bits per heavy atom. The number of rotatable bonds is 6. The summed E-state index contributed by atoms with van der Waals surface area (Å²) in [6.07, 6.45) is 5.60. The lowest BCUT2D eigenvalue weighted by Crippen LogP contribution is -1.94. The minimum atomic E-state index is -0.319. The number of aromatic amines is 2. The van der Waals surface area contributed by atoms with Crippen molar-refractivity contribution < 1.29 is 13.6 Å². The molecule has 0 fully saturated rings. The smallest absolute Gasteiger partial charge is 0.239 e. The number of anilines is 1. The molecule has 4 heterocycles. The number of nitrogens with two attached hydrogens (primary N) is 1. The van der Waals surface area contributed by atoms with E-state index in [0.29, 0.717) is 23.5 Å². The van der Waals surface area contributed by atoms with Crippen LogP contribution in [0.3, 0.4) is 0 Å². The van der Waals surface area contributed by atoms with Crippen molar-refractivity contribution in [2.24, 2.45) is 0 Å². The molecule has 6 rings (SSSR count). The molecule has 2 aromatic carbocycles. The lowest BCUT2D eigenvalue weighted by atomic mass is 10.1. The maximum absolute atomic E-state index is 12.8. The fraction of sp³-hybridized carbons (Fsp3) is 0.0690. The number of halogens is 2. The minimum Gasteiger partial charge on any atom is -0.366 e. The number of carbonyl (C=O) groups excluding carboxylic acids is 1. The van der Waals surface area contributed by atoms with Crippen molar-refractivity contribution in [2.75, 3.05) is 5.73 Å². The first kappa shape index (κ1) is 28.4. The Kier molecular flexibility index (Phi) is 10.0. The molecular formula is C29H25F2N9O. The van der Waals surface area contributed by atoms with Gasteiger partial charge in [0.15, 0.2) is 11.6 Å². The first-order valence-electron chi connectivity index (χ1n) is 12.4. The van der Waals surface area contributed by atoms with Crippen LogP contribution in [0.5, 0.6) is 0 Å². The summed E-state index contributed by atoms with van der Waals surface area (Å²) >= 11 is 0. The van der Waals surface area contributed by atoms with Gasteiger partial charge in [0.25, 0.3) is 0 Å². The van der Waals surface area contributed by atoms with Gasteiger partial charge in [-0.2, -0.15) is 10.1 Å². The van der Waals surface area contributed by atoms with Gasteiger partial charge in [0.05, 0.1) is 0 Å². The quantitative estimate of drug-likeness (QED) is 0.247. The molecule has 0 aliphatic carbocycles. The van der Waals surface area contributed by atoms with Crippen LogP contribution in [0.1, 0.15) is 21.7 Å². The summed E-state index contributed by atoms with van der Waals surface area (Å²) in [7, 11) is 0. The number of aryl methyl sites for hydroxylation is 2. The van der Waals surface area contributed by atoms with E-state index >= 15 is 0 Å². The summed E-state index contributed by atoms with van der Waals surface area (Å²) < 4.78 is 24.9. The topological polar surface area (TPSA) is 152 Å². The highest BCUT2D eigenvalue weighted by Gasteiger charge is 2.07. The van der Waals surface area contributed by atoms with Gasteiger partial charge in [-0.15, -0.1) is 5.10 Å². The van der Waals surface area contributed by atoms with Crippen LogP contribution in [-0.2, 0) is 12.8 Å². The van der Waals surface area contributed by atoms with E-state index in [1.165, 1.54) is 36.4 Å². The second-order valence-electron chi connectivity index (χ2n) is 8.37. The molecule has 10 nitrogen and oxygen atoms in total. The zero-order valence-corrected chi connectivity index (χ0v) is 21.7. The number of H-pyrrole nitrogens is 2. The fourth-order valence-electron chi connectivity index (χ4n) is 3.36. The first-order chi connectivity index (χ1) is 20.0. The van der Waals surface area contributed by atoms with Crippen molar-refractivity contribution in [3.8, 4) is 23.0 Å². The van der Waals surface area contributed by atoms with Gasteiger partial charge in [-0.05, 0) is 72.6 Å². The number of aromatic nitrogens is 8. The highest BCUT2D eigenvalue weighted by Crippen LogP contribution is 2.12. The van der Waals surface area contributed by atoms with Crippen LogP contribution >= 0.6 is 0 Å². The van der Waals surface area contributed by atoms with Crippen molar-refractivity contribution in [3.05, 3.63) is 126 Å². The van der Waals surface area contributed by atoms with E-state index in [4.69, 9.17) is 5.73 Å². The van der Waals surface area contributed by atoms with Crippen LogP contribution in [-0.4, -0.2) is 46.6 Å². The number of aldehydes is 1. The second-order valence-corrected chi connectivity index (χ2v) is 8.37. The monoisotopic (exact) mass is 553 g/mol. The van der Waals surface area contributed by atoms with Crippen LogP contribution in [0, 0.1) is 11.6 Å². The lowest BCUT2D eigenvalue weighted by molar-refractivity contribution is 0.112. The molecule has 12 heteroatoms. The van der Waals surface area contributed by atoms with Gasteiger partial charge in [0, 0.05) is 24.4 Å². The van der Waals surface area contributed by atoms with E-state index in [2.05, 4.69) is 40.3 Å². The Balaban J connectivity index is 0.000000156. The van der Waals surface area contributed by atoms with Gasteiger partial charge in [-0.1, -0.05) is 24.3 Å². The van der Waals surface area contributed by atoms with Gasteiger partial charge in [-0.3, -0.25) is 25.0 Å². The van der Waals surface area contributed by atoms with Crippen LogP contribution in [0.2, 0.25) is 0 Å². The molecule has 6 aromatic rings. The molecule has 0 amide bonds. The van der Waals surface area contributed by atoms with Crippen LogP contribution in [0.15, 0.2) is 97.3 Å². The molecule has 4 N–H and O–H groups in total. The SMILES string of the molecule is Fc1ccc(CCc2nc(-c3ccccn3)n[nH]2)cc1.Nc1n[nH]c(-c2ccccn2)n1.O=Cc1ccc(F)cc1. The molecule has 0 atom stereocenters. The molecule has 0 bridgehead atoms. The Hall–Kier alpha value is -5.65. The molecule has 0 spiro atoms. The zero-order chi connectivity index (χ0) is 28.9. The van der Waals surface area contributed by atoms with Crippen LogP contribution in [0.25, 0.3) is 23.0 Å². The van der Waals surface area contributed by atoms with Crippen LogP contribution < -0.4 is 5.73 Å². The van der Waals surface area contributed by atoms with Gasteiger partial charge in [0.2, 0.25) is 5.95 Å². The van der Waals surface area contributed by atoms with E-state index in [0.717, 1.165) is 35.6 Å². The molecule has 4 aromatic heterocycles. The second kappa shape index (κ2) is 14.5. The number of nitrogen functional groups attached to an aromatic ring is 1. The minimum absolute atomic E-state index is 0.217. The summed E-state index contributed by atoms with van der Waals surface area (Å²) in [5.74, 6) is 1.69. The Bertz CT molecular complexity index is 1620. The van der Waals surface area contributed by atoms with Crippen molar-refractivity contribution in [3.63, 3.8) is 0 Å². The standard InChI is InChI=1S/C15H13FN4.C7H5FO.C7H7N5/c16-12-7-4-11(5-8-12)6-9-14-18-15(20-19-14)13-3-1-2-10-17-13;8-7-3-1-6(5-9)2-4-7;8-7-10-6(11-12-7)5-3-1-2-4-9-5/h1-5,7-8,10H,6,9H2,(H,18,19,20);1-5H;1-4H,(H3,8,10,11,12). The normalized spacial score (nSPS) is 10.1. The third-order valence-corrected chi connectivity index (χ3v) is 5.41. The fourth-order valence-corrected chi connectivity index (χ4v) is 3.36. The number of nitrogens with zero attached hydrogens (tertiary/aromatic N) is 6. The van der Waals surface area contributed by atoms with Gasteiger partial charge < -0.3 is 5.73 Å². The number of benzene rings is 2. The lowest BCUT2D eigenvalue weighted by Gasteiger charge is -1.98. The van der Waals surface area contributed by atoms with E-state index in [9.17, 15) is 13.6 Å². The van der Waals surface area contributed by atoms with Gasteiger partial charge >= 0.3 is 0 Å². The van der Waals surface area contributed by atoms with E-state index in [1.54, 1.807) is 24.5 Å². The van der Waals surface area contributed by atoms with Crippen molar-refractivity contribution in [2.45, 2.75) is 12.8 Å². The number of hydrogen-bond donors (Lipinski definition) is 3. The highest BCUT2D eigenvalue weighted by molar-refractivity contribution is 5.74. The highest BCUT2D eigenvalue weighted by atomic mass is 19.1. The van der Waals surface area contributed by atoms with Crippen molar-refractivity contribution in [1.29, 1.82) is 0 Å². The third-order valence-electron chi connectivity index (χ3n) is 5.41. The Labute approximate surface area is 233 Å². The summed E-state index contributed by atoms with van der Waals surface area (Å²) in [5, 5.41) is 13.4.